The molecule has 0 spiro atoms. The first-order valence-corrected chi connectivity index (χ1v) is 8.69. The molecule has 1 aromatic carbocycles. The third kappa shape index (κ3) is 4.53. The molecular weight excluding hydrogens is 288 g/mol. The molecule has 1 atom stereocenters. The minimum absolute atomic E-state index is 0.0467. The summed E-state index contributed by atoms with van der Waals surface area (Å²) in [5, 5.41) is 8.84. The van der Waals surface area contributed by atoms with E-state index in [0.29, 0.717) is 12.1 Å². The number of likely N-dealkylation sites (N-methyl/N-ethyl adjacent to an activating group) is 1. The van der Waals surface area contributed by atoms with E-state index in [0.717, 1.165) is 26.0 Å². The minimum Gasteiger partial charge on any atom is -0.377 e. The van der Waals surface area contributed by atoms with E-state index in [1.807, 2.05) is 18.0 Å². The standard InChI is InChI=1S/C15H20N2O3S/c1-17(12-14-5-3-8-20-14)7-9-21(18,19)15-6-2-4-13(10-15)11-16/h2,4,6,10,14H,3,5,7-9,12H2,1H3. The van der Waals surface area contributed by atoms with E-state index < -0.39 is 9.84 Å². The third-order valence-electron chi connectivity index (χ3n) is 3.60. The molecule has 114 valence electrons. The van der Waals surface area contributed by atoms with Crippen molar-refractivity contribution in [1.82, 2.24) is 4.90 Å². The van der Waals surface area contributed by atoms with Crippen LogP contribution in [0.2, 0.25) is 0 Å². The Hall–Kier alpha value is -1.42. The number of sulfone groups is 1. The predicted molar refractivity (Wildman–Crippen MR) is 79.7 cm³/mol. The van der Waals surface area contributed by atoms with Crippen LogP contribution in [0.3, 0.4) is 0 Å². The molecule has 1 heterocycles. The second kappa shape index (κ2) is 7.03. The fraction of sp³-hybridized carbons (Fsp3) is 0.533. The number of nitriles is 1. The van der Waals surface area contributed by atoms with Gasteiger partial charge in [-0.1, -0.05) is 6.07 Å². The largest absolute Gasteiger partial charge is 0.377 e. The highest BCUT2D eigenvalue weighted by Crippen LogP contribution is 2.15. The van der Waals surface area contributed by atoms with E-state index in [1.165, 1.54) is 12.1 Å². The van der Waals surface area contributed by atoms with Crippen LogP contribution in [-0.2, 0) is 14.6 Å². The van der Waals surface area contributed by atoms with Crippen LogP contribution in [0, 0.1) is 11.3 Å². The molecule has 5 nitrogen and oxygen atoms in total. The molecule has 0 saturated carbocycles. The summed E-state index contributed by atoms with van der Waals surface area (Å²) in [6.45, 7) is 2.02. The lowest BCUT2D eigenvalue weighted by atomic mass is 10.2. The van der Waals surface area contributed by atoms with Crippen molar-refractivity contribution in [3.63, 3.8) is 0 Å². The molecule has 0 aliphatic carbocycles. The van der Waals surface area contributed by atoms with Gasteiger partial charge in [-0.2, -0.15) is 5.26 Å². The monoisotopic (exact) mass is 308 g/mol. The SMILES string of the molecule is CN(CCS(=O)(=O)c1cccc(C#N)c1)CC1CCCO1. The maximum atomic E-state index is 12.3. The fourth-order valence-electron chi connectivity index (χ4n) is 2.38. The summed E-state index contributed by atoms with van der Waals surface area (Å²) in [6.07, 6.45) is 2.35. The van der Waals surface area contributed by atoms with Crippen LogP contribution >= 0.6 is 0 Å². The van der Waals surface area contributed by atoms with Gasteiger partial charge < -0.3 is 9.64 Å². The van der Waals surface area contributed by atoms with E-state index in [9.17, 15) is 8.42 Å². The van der Waals surface area contributed by atoms with Crippen molar-refractivity contribution in [1.29, 1.82) is 5.26 Å². The van der Waals surface area contributed by atoms with Crippen LogP contribution in [0.15, 0.2) is 29.2 Å². The minimum atomic E-state index is -3.36. The maximum Gasteiger partial charge on any atom is 0.179 e. The fourth-order valence-corrected chi connectivity index (χ4v) is 3.76. The van der Waals surface area contributed by atoms with Crippen molar-refractivity contribution in [3.05, 3.63) is 29.8 Å². The van der Waals surface area contributed by atoms with Gasteiger partial charge in [-0.25, -0.2) is 8.42 Å². The Bertz CT molecular complexity index is 616. The van der Waals surface area contributed by atoms with Gasteiger partial charge in [0.2, 0.25) is 0 Å². The van der Waals surface area contributed by atoms with E-state index in [1.54, 1.807) is 12.1 Å². The van der Waals surface area contributed by atoms with Gasteiger partial charge in [-0.15, -0.1) is 0 Å². The van der Waals surface area contributed by atoms with Crippen molar-refractivity contribution in [2.45, 2.75) is 23.8 Å². The van der Waals surface area contributed by atoms with E-state index in [4.69, 9.17) is 10.00 Å². The lowest BCUT2D eigenvalue weighted by molar-refractivity contribution is 0.0829. The van der Waals surface area contributed by atoms with Gasteiger partial charge in [0.15, 0.2) is 9.84 Å². The van der Waals surface area contributed by atoms with Crippen molar-refractivity contribution in [2.75, 3.05) is 32.5 Å². The van der Waals surface area contributed by atoms with Crippen LogP contribution in [0.4, 0.5) is 0 Å². The Morgan fingerprint density at radius 2 is 2.29 bits per heavy atom. The zero-order chi connectivity index (χ0) is 15.3. The highest BCUT2D eigenvalue weighted by atomic mass is 32.2. The smallest absolute Gasteiger partial charge is 0.179 e. The van der Waals surface area contributed by atoms with Gasteiger partial charge in [-0.3, -0.25) is 0 Å². The molecule has 21 heavy (non-hydrogen) atoms. The van der Waals surface area contributed by atoms with Gasteiger partial charge in [0, 0.05) is 19.7 Å². The molecule has 1 unspecified atom stereocenters. The van der Waals surface area contributed by atoms with Crippen molar-refractivity contribution >= 4 is 9.84 Å². The molecule has 6 heteroatoms. The first-order valence-electron chi connectivity index (χ1n) is 7.04. The lowest BCUT2D eigenvalue weighted by Crippen LogP contribution is -2.32. The van der Waals surface area contributed by atoms with Crippen LogP contribution in [0.1, 0.15) is 18.4 Å². The molecular formula is C15H20N2O3S. The molecule has 0 radical (unpaired) electrons. The number of hydrogen-bond donors (Lipinski definition) is 0. The Morgan fingerprint density at radius 1 is 1.48 bits per heavy atom. The number of rotatable bonds is 6. The highest BCUT2D eigenvalue weighted by molar-refractivity contribution is 7.91. The Balaban J connectivity index is 1.92. The van der Waals surface area contributed by atoms with Gasteiger partial charge >= 0.3 is 0 Å². The normalized spacial score (nSPS) is 18.8. The van der Waals surface area contributed by atoms with Crippen LogP contribution in [0.25, 0.3) is 0 Å². The van der Waals surface area contributed by atoms with Gasteiger partial charge in [0.25, 0.3) is 0 Å². The summed E-state index contributed by atoms with van der Waals surface area (Å²) in [6, 6.07) is 8.12. The van der Waals surface area contributed by atoms with Gasteiger partial charge in [0.05, 0.1) is 28.4 Å². The summed E-state index contributed by atoms with van der Waals surface area (Å²) < 4.78 is 30.1. The second-order valence-electron chi connectivity index (χ2n) is 5.36. The third-order valence-corrected chi connectivity index (χ3v) is 5.30. The number of nitrogens with zero attached hydrogens (tertiary/aromatic N) is 2. The molecule has 1 aliphatic rings. The zero-order valence-electron chi connectivity index (χ0n) is 12.2. The average molecular weight is 308 g/mol. The molecule has 0 amide bonds. The maximum absolute atomic E-state index is 12.3. The van der Waals surface area contributed by atoms with Crippen LogP contribution in [0.5, 0.6) is 0 Å². The van der Waals surface area contributed by atoms with Gasteiger partial charge in [-0.05, 0) is 38.1 Å². The average Bonchev–Trinajstić information content (AvgIpc) is 2.98. The van der Waals surface area contributed by atoms with E-state index in [2.05, 4.69) is 0 Å². The molecule has 1 aromatic rings. The summed E-state index contributed by atoms with van der Waals surface area (Å²) in [5.74, 6) is 0.0467. The molecule has 0 aromatic heterocycles. The zero-order valence-corrected chi connectivity index (χ0v) is 13.0. The Labute approximate surface area is 126 Å². The Morgan fingerprint density at radius 3 is 2.95 bits per heavy atom. The predicted octanol–water partition coefficient (Wildman–Crippen LogP) is 1.44. The Kier molecular flexibility index (Phi) is 5.34. The summed E-state index contributed by atoms with van der Waals surface area (Å²) in [4.78, 5) is 2.20. The van der Waals surface area contributed by atoms with E-state index >= 15 is 0 Å². The first-order chi connectivity index (χ1) is 10.0. The second-order valence-corrected chi connectivity index (χ2v) is 7.46. The molecule has 0 bridgehead atoms. The van der Waals surface area contributed by atoms with Crippen molar-refractivity contribution in [2.24, 2.45) is 0 Å². The van der Waals surface area contributed by atoms with Crippen molar-refractivity contribution < 1.29 is 13.2 Å². The molecule has 1 fully saturated rings. The molecule has 2 rings (SSSR count). The van der Waals surface area contributed by atoms with Gasteiger partial charge in [0.1, 0.15) is 0 Å². The summed E-state index contributed by atoms with van der Waals surface area (Å²) >= 11 is 0. The van der Waals surface area contributed by atoms with Crippen LogP contribution < -0.4 is 0 Å². The number of benzene rings is 1. The lowest BCUT2D eigenvalue weighted by Gasteiger charge is -2.20. The summed E-state index contributed by atoms with van der Waals surface area (Å²) in [5.41, 5.74) is 0.365. The molecule has 1 aliphatic heterocycles. The van der Waals surface area contributed by atoms with E-state index in [-0.39, 0.29) is 16.8 Å². The van der Waals surface area contributed by atoms with Crippen molar-refractivity contribution in [3.8, 4) is 6.07 Å². The quantitative estimate of drug-likeness (QED) is 0.795. The number of ether oxygens (including phenoxy) is 1. The molecule has 0 N–H and O–H groups in total. The first kappa shape index (κ1) is 16.0. The number of hydrogen-bond acceptors (Lipinski definition) is 5. The molecule has 1 saturated heterocycles. The summed E-state index contributed by atoms with van der Waals surface area (Å²) in [7, 11) is -1.45. The van der Waals surface area contributed by atoms with Crippen LogP contribution in [-0.4, -0.2) is 51.9 Å². The topological polar surface area (TPSA) is 70.4 Å². The highest BCUT2D eigenvalue weighted by Gasteiger charge is 2.20.